The molecule has 5 nitrogen and oxygen atoms in total. The molecule has 3 rings (SSSR count). The summed E-state index contributed by atoms with van der Waals surface area (Å²) in [5.74, 6) is 1.30. The molecule has 0 radical (unpaired) electrons. The molecular weight excluding hydrogens is 264 g/mol. The molecule has 0 unspecified atom stereocenters. The van der Waals surface area contributed by atoms with E-state index in [1.807, 2.05) is 24.3 Å². The lowest BCUT2D eigenvalue weighted by atomic mass is 10.0. The molecule has 0 bridgehead atoms. The second-order valence-electron chi connectivity index (χ2n) is 4.76. The Morgan fingerprint density at radius 2 is 2.10 bits per heavy atom. The highest BCUT2D eigenvalue weighted by atomic mass is 16.2. The number of hydrogen-bond donors (Lipinski definition) is 2. The third-order valence-corrected chi connectivity index (χ3v) is 3.25. The van der Waals surface area contributed by atoms with Gasteiger partial charge in [-0.05, 0) is 36.3 Å². The number of nitriles is 1. The van der Waals surface area contributed by atoms with Gasteiger partial charge in [0.05, 0.1) is 17.3 Å². The van der Waals surface area contributed by atoms with Gasteiger partial charge in [-0.2, -0.15) is 5.26 Å². The Kier molecular flexibility index (Phi) is 3.63. The third kappa shape index (κ3) is 2.76. The quantitative estimate of drug-likeness (QED) is 0.871. The van der Waals surface area contributed by atoms with Gasteiger partial charge in [0.25, 0.3) is 0 Å². The Balaban J connectivity index is 1.83. The van der Waals surface area contributed by atoms with Crippen LogP contribution in [0.3, 0.4) is 0 Å². The normalized spacial score (nSPS) is 16.1. The Hall–Kier alpha value is -2.71. The Morgan fingerprint density at radius 3 is 2.76 bits per heavy atom. The first-order valence-corrected chi connectivity index (χ1v) is 6.74. The molecule has 0 aromatic heterocycles. The molecule has 104 valence electrons. The maximum absolute atomic E-state index is 9.07. The zero-order valence-corrected chi connectivity index (χ0v) is 11.4. The van der Waals surface area contributed by atoms with Gasteiger partial charge in [-0.3, -0.25) is 0 Å². The standard InChI is InChI=1S/C16H14N4O/c17-10-12-7-11(4-6-21)8-13(9-12)15-19-16(20-15)14-3-1-2-5-18-14/h1-3,7-9,18,21H,4-6H2. The number of nitrogens with zero attached hydrogens (tertiary/aromatic N) is 3. The zero-order valence-electron chi connectivity index (χ0n) is 11.4. The number of amidine groups is 2. The van der Waals surface area contributed by atoms with Crippen LogP contribution < -0.4 is 5.32 Å². The lowest BCUT2D eigenvalue weighted by Gasteiger charge is -2.18. The van der Waals surface area contributed by atoms with E-state index in [1.54, 1.807) is 12.1 Å². The Morgan fingerprint density at radius 1 is 1.24 bits per heavy atom. The summed E-state index contributed by atoms with van der Waals surface area (Å²) < 4.78 is 0. The van der Waals surface area contributed by atoms with Crippen molar-refractivity contribution < 1.29 is 5.11 Å². The summed E-state index contributed by atoms with van der Waals surface area (Å²) >= 11 is 0. The molecule has 0 saturated heterocycles. The van der Waals surface area contributed by atoms with Crippen molar-refractivity contribution in [3.05, 3.63) is 58.8 Å². The van der Waals surface area contributed by atoms with Gasteiger partial charge < -0.3 is 10.4 Å². The number of allylic oxidation sites excluding steroid dienone is 2. The average Bonchev–Trinajstić information content (AvgIpc) is 2.47. The van der Waals surface area contributed by atoms with E-state index in [0.717, 1.165) is 23.4 Å². The number of hydrogen-bond acceptors (Lipinski definition) is 5. The first kappa shape index (κ1) is 13.3. The minimum atomic E-state index is 0.0540. The van der Waals surface area contributed by atoms with E-state index < -0.39 is 0 Å². The number of benzene rings is 1. The van der Waals surface area contributed by atoms with E-state index in [0.29, 0.717) is 23.7 Å². The summed E-state index contributed by atoms with van der Waals surface area (Å²) in [7, 11) is 0. The first-order chi connectivity index (χ1) is 10.3. The van der Waals surface area contributed by atoms with Gasteiger partial charge in [0, 0.05) is 18.7 Å². The van der Waals surface area contributed by atoms with E-state index in [1.165, 1.54) is 0 Å². The predicted molar refractivity (Wildman–Crippen MR) is 81.1 cm³/mol. The molecule has 0 spiro atoms. The van der Waals surface area contributed by atoms with Gasteiger partial charge in [0.15, 0.2) is 11.7 Å². The summed E-state index contributed by atoms with van der Waals surface area (Å²) in [6, 6.07) is 7.59. The van der Waals surface area contributed by atoms with E-state index in [-0.39, 0.29) is 6.61 Å². The van der Waals surface area contributed by atoms with Gasteiger partial charge >= 0.3 is 0 Å². The largest absolute Gasteiger partial charge is 0.396 e. The SMILES string of the molecule is N#Cc1cc(CCO)cc(C2=NC(C3=CC=CCN3)=N2)c1. The molecule has 21 heavy (non-hydrogen) atoms. The molecule has 0 aliphatic carbocycles. The van der Waals surface area contributed by atoms with Crippen molar-refractivity contribution >= 4 is 11.7 Å². The minimum Gasteiger partial charge on any atom is -0.396 e. The minimum absolute atomic E-state index is 0.0540. The molecule has 0 fully saturated rings. The molecule has 0 saturated carbocycles. The van der Waals surface area contributed by atoms with Crippen LogP contribution in [0, 0.1) is 11.3 Å². The van der Waals surface area contributed by atoms with Crippen molar-refractivity contribution in [2.75, 3.05) is 13.2 Å². The number of nitrogens with one attached hydrogen (secondary N) is 1. The second kappa shape index (κ2) is 5.73. The fourth-order valence-electron chi connectivity index (χ4n) is 2.23. The van der Waals surface area contributed by atoms with Crippen LogP contribution in [-0.2, 0) is 6.42 Å². The lowest BCUT2D eigenvalue weighted by molar-refractivity contribution is 0.299. The fraction of sp³-hybridized carbons (Fsp3) is 0.188. The highest BCUT2D eigenvalue weighted by Gasteiger charge is 2.19. The van der Waals surface area contributed by atoms with Crippen LogP contribution in [0.5, 0.6) is 0 Å². The summed E-state index contributed by atoms with van der Waals surface area (Å²) in [4.78, 5) is 8.84. The highest BCUT2D eigenvalue weighted by Crippen LogP contribution is 2.18. The van der Waals surface area contributed by atoms with Crippen LogP contribution in [0.1, 0.15) is 16.7 Å². The van der Waals surface area contributed by atoms with E-state index in [9.17, 15) is 0 Å². The summed E-state index contributed by atoms with van der Waals surface area (Å²) in [6.45, 7) is 0.832. The van der Waals surface area contributed by atoms with Gasteiger partial charge in [0.2, 0.25) is 0 Å². The van der Waals surface area contributed by atoms with Crippen molar-refractivity contribution in [2.24, 2.45) is 9.98 Å². The van der Waals surface area contributed by atoms with Crippen LogP contribution in [0.25, 0.3) is 0 Å². The highest BCUT2D eigenvalue weighted by molar-refractivity contribution is 6.23. The van der Waals surface area contributed by atoms with Crippen molar-refractivity contribution in [3.8, 4) is 6.07 Å². The Bertz CT molecular complexity index is 735. The molecule has 1 aromatic carbocycles. The number of rotatable bonds is 4. The lowest BCUT2D eigenvalue weighted by Crippen LogP contribution is -2.27. The molecule has 2 aliphatic heterocycles. The van der Waals surface area contributed by atoms with E-state index in [4.69, 9.17) is 10.4 Å². The number of aliphatic imine (C=N–C) groups is 2. The maximum atomic E-state index is 9.07. The summed E-state index contributed by atoms with van der Waals surface area (Å²) in [6.07, 6.45) is 6.44. The molecule has 2 aliphatic rings. The van der Waals surface area contributed by atoms with Crippen molar-refractivity contribution in [2.45, 2.75) is 6.42 Å². The van der Waals surface area contributed by atoms with E-state index in [2.05, 4.69) is 21.4 Å². The molecule has 0 amide bonds. The fourth-order valence-corrected chi connectivity index (χ4v) is 2.23. The van der Waals surface area contributed by atoms with Crippen LogP contribution in [-0.4, -0.2) is 29.9 Å². The molecule has 2 heterocycles. The van der Waals surface area contributed by atoms with Gasteiger partial charge in [-0.25, -0.2) is 9.98 Å². The maximum Gasteiger partial charge on any atom is 0.179 e. The molecule has 2 N–H and O–H groups in total. The van der Waals surface area contributed by atoms with Gasteiger partial charge in [0.1, 0.15) is 0 Å². The predicted octanol–water partition coefficient (Wildman–Crippen LogP) is 1.30. The topological polar surface area (TPSA) is 80.8 Å². The third-order valence-electron chi connectivity index (χ3n) is 3.25. The first-order valence-electron chi connectivity index (χ1n) is 6.74. The zero-order chi connectivity index (χ0) is 14.7. The average molecular weight is 278 g/mol. The molecular formula is C16H14N4O. The summed E-state index contributed by atoms with van der Waals surface area (Å²) in [5, 5.41) is 21.3. The van der Waals surface area contributed by atoms with Crippen LogP contribution in [0.2, 0.25) is 0 Å². The molecule has 1 aromatic rings. The van der Waals surface area contributed by atoms with Gasteiger partial charge in [-0.15, -0.1) is 0 Å². The summed E-state index contributed by atoms with van der Waals surface area (Å²) in [5.41, 5.74) is 3.19. The number of dihydropyridines is 1. The Labute approximate surface area is 122 Å². The van der Waals surface area contributed by atoms with Crippen LogP contribution in [0.15, 0.2) is 52.1 Å². The second-order valence-corrected chi connectivity index (χ2v) is 4.76. The van der Waals surface area contributed by atoms with E-state index >= 15 is 0 Å². The van der Waals surface area contributed by atoms with Gasteiger partial charge in [-0.1, -0.05) is 12.2 Å². The molecule has 5 heteroatoms. The van der Waals surface area contributed by atoms with Crippen molar-refractivity contribution in [1.82, 2.24) is 5.32 Å². The monoisotopic (exact) mass is 278 g/mol. The van der Waals surface area contributed by atoms with Crippen molar-refractivity contribution in [1.29, 1.82) is 5.26 Å². The van der Waals surface area contributed by atoms with Crippen LogP contribution in [0.4, 0.5) is 0 Å². The van der Waals surface area contributed by atoms with Crippen LogP contribution >= 0.6 is 0 Å². The molecule has 0 atom stereocenters. The van der Waals surface area contributed by atoms with Crippen molar-refractivity contribution in [3.63, 3.8) is 0 Å². The smallest absolute Gasteiger partial charge is 0.179 e. The number of aliphatic hydroxyl groups is 1. The number of aliphatic hydroxyl groups excluding tert-OH is 1.